The number of carbonyl (C=O) groups excluding carboxylic acids is 1. The zero-order chi connectivity index (χ0) is 16.5. The molecule has 1 amide bonds. The van der Waals surface area contributed by atoms with E-state index in [1.165, 1.54) is 0 Å². The molecular formula is C20H21N3O. The third-order valence-electron chi connectivity index (χ3n) is 4.89. The molecule has 1 aliphatic heterocycles. The molecule has 1 fully saturated rings. The average molecular weight is 319 g/mol. The monoisotopic (exact) mass is 319 g/mol. The molecule has 3 heterocycles. The molecule has 0 atom stereocenters. The molecule has 4 rings (SSSR count). The van der Waals surface area contributed by atoms with E-state index in [4.69, 9.17) is 0 Å². The quantitative estimate of drug-likeness (QED) is 0.773. The van der Waals surface area contributed by atoms with Gasteiger partial charge in [0.25, 0.3) is 5.91 Å². The summed E-state index contributed by atoms with van der Waals surface area (Å²) in [6, 6.07) is 13.9. The first-order chi connectivity index (χ1) is 11.7. The number of aromatic amines is 1. The van der Waals surface area contributed by atoms with Gasteiger partial charge in [0.15, 0.2) is 0 Å². The standard InChI is InChI=1S/C20H21N3O/c1-14-8-11-23(12-9-14)20(24)19-4-2-3-18(22-19)15-5-6-17-16(13-15)7-10-21-17/h2-7,10,13-14,21H,8-9,11-12H2,1H3. The van der Waals surface area contributed by atoms with Gasteiger partial charge in [-0.15, -0.1) is 0 Å². The van der Waals surface area contributed by atoms with Crippen LogP contribution in [0.25, 0.3) is 22.2 Å². The van der Waals surface area contributed by atoms with Gasteiger partial charge in [0.05, 0.1) is 5.69 Å². The summed E-state index contributed by atoms with van der Waals surface area (Å²) in [7, 11) is 0. The summed E-state index contributed by atoms with van der Waals surface area (Å²) < 4.78 is 0. The highest BCUT2D eigenvalue weighted by molar-refractivity contribution is 5.93. The summed E-state index contributed by atoms with van der Waals surface area (Å²) in [5.41, 5.74) is 3.52. The molecule has 1 aromatic carbocycles. The van der Waals surface area contributed by atoms with E-state index in [0.717, 1.165) is 48.1 Å². The zero-order valence-corrected chi connectivity index (χ0v) is 13.8. The Kier molecular flexibility index (Phi) is 3.81. The zero-order valence-electron chi connectivity index (χ0n) is 13.8. The second-order valence-corrected chi connectivity index (χ2v) is 6.66. The highest BCUT2D eigenvalue weighted by Crippen LogP contribution is 2.23. The van der Waals surface area contributed by atoms with Crippen molar-refractivity contribution in [3.05, 3.63) is 54.4 Å². The molecule has 1 saturated heterocycles. The lowest BCUT2D eigenvalue weighted by Crippen LogP contribution is -2.38. The van der Waals surface area contributed by atoms with Gasteiger partial charge in [-0.2, -0.15) is 0 Å². The van der Waals surface area contributed by atoms with E-state index in [2.05, 4.69) is 23.0 Å². The van der Waals surface area contributed by atoms with Gasteiger partial charge in [-0.05, 0) is 49.1 Å². The van der Waals surface area contributed by atoms with Crippen LogP contribution >= 0.6 is 0 Å². The lowest BCUT2D eigenvalue weighted by molar-refractivity contribution is 0.0691. The Hall–Kier alpha value is -2.62. The number of hydrogen-bond donors (Lipinski definition) is 1. The average Bonchev–Trinajstić information content (AvgIpc) is 3.09. The van der Waals surface area contributed by atoms with Crippen LogP contribution in [0.4, 0.5) is 0 Å². The Morgan fingerprint density at radius 1 is 1.17 bits per heavy atom. The van der Waals surface area contributed by atoms with Crippen molar-refractivity contribution >= 4 is 16.8 Å². The van der Waals surface area contributed by atoms with E-state index in [9.17, 15) is 4.79 Å². The predicted molar refractivity (Wildman–Crippen MR) is 95.8 cm³/mol. The lowest BCUT2D eigenvalue weighted by Gasteiger charge is -2.30. The molecule has 0 aliphatic carbocycles. The Bertz CT molecular complexity index is 875. The van der Waals surface area contributed by atoms with Crippen LogP contribution in [0.3, 0.4) is 0 Å². The number of amides is 1. The fraction of sp³-hybridized carbons (Fsp3) is 0.300. The van der Waals surface area contributed by atoms with Crippen molar-refractivity contribution in [2.24, 2.45) is 5.92 Å². The molecule has 0 saturated carbocycles. The number of likely N-dealkylation sites (tertiary alicyclic amines) is 1. The first-order valence-electron chi connectivity index (χ1n) is 8.54. The van der Waals surface area contributed by atoms with Crippen molar-refractivity contribution in [3.8, 4) is 11.3 Å². The van der Waals surface area contributed by atoms with Gasteiger partial charge < -0.3 is 9.88 Å². The number of hydrogen-bond acceptors (Lipinski definition) is 2. The maximum atomic E-state index is 12.7. The molecular weight excluding hydrogens is 298 g/mol. The normalized spacial score (nSPS) is 15.8. The summed E-state index contributed by atoms with van der Waals surface area (Å²) in [4.78, 5) is 22.5. The molecule has 0 spiro atoms. The minimum absolute atomic E-state index is 0.0477. The lowest BCUT2D eigenvalue weighted by atomic mass is 9.99. The molecule has 0 unspecified atom stereocenters. The van der Waals surface area contributed by atoms with Crippen molar-refractivity contribution < 1.29 is 4.79 Å². The number of fused-ring (bicyclic) bond motifs is 1. The Morgan fingerprint density at radius 3 is 2.83 bits per heavy atom. The molecule has 1 aliphatic rings. The van der Waals surface area contributed by atoms with Gasteiger partial charge in [-0.1, -0.05) is 19.1 Å². The van der Waals surface area contributed by atoms with Crippen molar-refractivity contribution in [1.29, 1.82) is 0 Å². The van der Waals surface area contributed by atoms with Gasteiger partial charge in [-0.25, -0.2) is 4.98 Å². The first-order valence-corrected chi connectivity index (χ1v) is 8.54. The number of benzene rings is 1. The van der Waals surface area contributed by atoms with E-state index in [1.54, 1.807) is 0 Å². The van der Waals surface area contributed by atoms with Crippen molar-refractivity contribution in [2.45, 2.75) is 19.8 Å². The Morgan fingerprint density at radius 2 is 2.00 bits per heavy atom. The molecule has 1 N–H and O–H groups in total. The van der Waals surface area contributed by atoms with Gasteiger partial charge in [-0.3, -0.25) is 4.79 Å². The largest absolute Gasteiger partial charge is 0.361 e. The predicted octanol–water partition coefficient (Wildman–Crippen LogP) is 4.10. The molecule has 0 radical (unpaired) electrons. The van der Waals surface area contributed by atoms with Crippen LogP contribution in [0.2, 0.25) is 0 Å². The molecule has 0 bridgehead atoms. The number of pyridine rings is 1. The Labute approximate surface area is 141 Å². The number of aromatic nitrogens is 2. The maximum Gasteiger partial charge on any atom is 0.272 e. The van der Waals surface area contributed by atoms with E-state index in [-0.39, 0.29) is 5.91 Å². The van der Waals surface area contributed by atoms with Crippen LogP contribution in [-0.4, -0.2) is 33.9 Å². The third-order valence-corrected chi connectivity index (χ3v) is 4.89. The van der Waals surface area contributed by atoms with Crippen molar-refractivity contribution in [3.63, 3.8) is 0 Å². The Balaban J connectivity index is 1.62. The van der Waals surface area contributed by atoms with E-state index >= 15 is 0 Å². The fourth-order valence-corrected chi connectivity index (χ4v) is 3.30. The molecule has 4 nitrogen and oxygen atoms in total. The third kappa shape index (κ3) is 2.80. The van der Waals surface area contributed by atoms with Crippen LogP contribution < -0.4 is 0 Å². The van der Waals surface area contributed by atoms with Crippen LogP contribution in [0.15, 0.2) is 48.7 Å². The second-order valence-electron chi connectivity index (χ2n) is 6.66. The number of carbonyl (C=O) groups is 1. The topological polar surface area (TPSA) is 49.0 Å². The molecule has 3 aromatic rings. The molecule has 122 valence electrons. The number of nitrogens with zero attached hydrogens (tertiary/aromatic N) is 2. The SMILES string of the molecule is CC1CCN(C(=O)c2cccc(-c3ccc4[nH]ccc4c3)n2)CC1. The van der Waals surface area contributed by atoms with Gasteiger partial charge in [0, 0.05) is 35.8 Å². The van der Waals surface area contributed by atoms with E-state index in [0.29, 0.717) is 11.6 Å². The highest BCUT2D eigenvalue weighted by Gasteiger charge is 2.22. The molecule has 4 heteroatoms. The summed E-state index contributed by atoms with van der Waals surface area (Å²) in [5.74, 6) is 0.757. The van der Waals surface area contributed by atoms with E-state index in [1.807, 2.05) is 47.5 Å². The van der Waals surface area contributed by atoms with Crippen LogP contribution in [0.5, 0.6) is 0 Å². The molecule has 2 aromatic heterocycles. The summed E-state index contributed by atoms with van der Waals surface area (Å²) in [6.07, 6.45) is 4.09. The van der Waals surface area contributed by atoms with Crippen molar-refractivity contribution in [1.82, 2.24) is 14.9 Å². The number of rotatable bonds is 2. The smallest absolute Gasteiger partial charge is 0.272 e. The van der Waals surface area contributed by atoms with Gasteiger partial charge in [0.2, 0.25) is 0 Å². The number of piperidine rings is 1. The van der Waals surface area contributed by atoms with Crippen molar-refractivity contribution in [2.75, 3.05) is 13.1 Å². The van der Waals surface area contributed by atoms with Gasteiger partial charge >= 0.3 is 0 Å². The number of nitrogens with one attached hydrogen (secondary N) is 1. The molecule has 24 heavy (non-hydrogen) atoms. The summed E-state index contributed by atoms with van der Waals surface area (Å²) in [6.45, 7) is 3.92. The van der Waals surface area contributed by atoms with Gasteiger partial charge in [0.1, 0.15) is 5.69 Å². The van der Waals surface area contributed by atoms with Crippen LogP contribution in [-0.2, 0) is 0 Å². The van der Waals surface area contributed by atoms with E-state index < -0.39 is 0 Å². The first kappa shape index (κ1) is 14.9. The summed E-state index contributed by atoms with van der Waals surface area (Å²) >= 11 is 0. The van der Waals surface area contributed by atoms with Crippen LogP contribution in [0.1, 0.15) is 30.3 Å². The maximum absolute atomic E-state index is 12.7. The minimum Gasteiger partial charge on any atom is -0.361 e. The summed E-state index contributed by atoms with van der Waals surface area (Å²) in [5, 5.41) is 1.15. The fourth-order valence-electron chi connectivity index (χ4n) is 3.30. The minimum atomic E-state index is 0.0477. The second kappa shape index (κ2) is 6.11. The van der Waals surface area contributed by atoms with Crippen LogP contribution in [0, 0.1) is 5.92 Å². The number of H-pyrrole nitrogens is 1. The highest BCUT2D eigenvalue weighted by atomic mass is 16.2.